The Balaban J connectivity index is 1.45. The summed E-state index contributed by atoms with van der Waals surface area (Å²) >= 11 is 0. The molecule has 2 aromatic rings. The van der Waals surface area contributed by atoms with Crippen LogP contribution in [0.25, 0.3) is 0 Å². The van der Waals surface area contributed by atoms with Gasteiger partial charge in [0.2, 0.25) is 0 Å². The molecule has 3 aliphatic rings. The number of carboxylic acid groups (broad SMARTS) is 1. The summed E-state index contributed by atoms with van der Waals surface area (Å²) in [5.41, 5.74) is 1.70. The predicted molar refractivity (Wildman–Crippen MR) is 123 cm³/mol. The van der Waals surface area contributed by atoms with Gasteiger partial charge in [0.05, 0.1) is 24.3 Å². The molecule has 1 saturated carbocycles. The van der Waals surface area contributed by atoms with Crippen molar-refractivity contribution in [2.45, 2.75) is 30.1 Å². The molecule has 2 fully saturated rings. The number of carbonyl (C=O) groups excluding carboxylic acids is 1. The van der Waals surface area contributed by atoms with Gasteiger partial charge in [0, 0.05) is 19.0 Å². The number of methoxy groups -OCH3 is 1. The number of nitrogens with zero attached hydrogens (tertiary/aromatic N) is 1. The van der Waals surface area contributed by atoms with Crippen LogP contribution in [0.1, 0.15) is 40.2 Å². The number of hydrogen-bond acceptors (Lipinski definition) is 6. The minimum absolute atomic E-state index is 0.0294. The van der Waals surface area contributed by atoms with E-state index in [0.29, 0.717) is 55.7 Å². The lowest BCUT2D eigenvalue weighted by Crippen LogP contribution is -2.27. The fraction of sp³-hybridized carbons (Fsp3) is 0.417. The van der Waals surface area contributed by atoms with Gasteiger partial charge in [0.25, 0.3) is 10.0 Å². The maximum absolute atomic E-state index is 13.5. The number of hydrogen-bond donors (Lipinski definition) is 2. The van der Waals surface area contributed by atoms with Crippen molar-refractivity contribution in [2.24, 2.45) is 11.8 Å². The van der Waals surface area contributed by atoms with Crippen molar-refractivity contribution in [3.05, 3.63) is 53.1 Å². The number of sulfonamides is 1. The number of anilines is 1. The van der Waals surface area contributed by atoms with Gasteiger partial charge in [0.15, 0.2) is 0 Å². The highest BCUT2D eigenvalue weighted by molar-refractivity contribution is 7.92. The van der Waals surface area contributed by atoms with Crippen LogP contribution in [0.3, 0.4) is 0 Å². The third kappa shape index (κ3) is 4.06. The van der Waals surface area contributed by atoms with Gasteiger partial charge in [-0.2, -0.15) is 0 Å². The molecule has 180 valence electrons. The van der Waals surface area contributed by atoms with E-state index < -0.39 is 22.1 Å². The first-order chi connectivity index (χ1) is 16.3. The van der Waals surface area contributed by atoms with Gasteiger partial charge in [-0.15, -0.1) is 0 Å². The van der Waals surface area contributed by atoms with Crippen LogP contribution in [-0.4, -0.2) is 57.3 Å². The first-order valence-corrected chi connectivity index (χ1v) is 12.7. The summed E-state index contributed by atoms with van der Waals surface area (Å²) in [6, 6.07) is 10.1. The molecule has 34 heavy (non-hydrogen) atoms. The predicted octanol–water partition coefficient (Wildman–Crippen LogP) is 3.31. The quantitative estimate of drug-likeness (QED) is 0.601. The Bertz CT molecular complexity index is 1260. The SMILES string of the molecule is COC(=O)c1c(NS(=O)(=O)c2ccccc2CC2CCN(C(=O)O)C2)ccc2c1OC[C@@H]1C[C@H]21. The number of nitrogens with one attached hydrogen (secondary N) is 1. The summed E-state index contributed by atoms with van der Waals surface area (Å²) in [5.74, 6) is 0.526. The lowest BCUT2D eigenvalue weighted by molar-refractivity contribution is 0.0596. The summed E-state index contributed by atoms with van der Waals surface area (Å²) < 4.78 is 40.3. The average Bonchev–Trinajstić information content (AvgIpc) is 3.47. The minimum Gasteiger partial charge on any atom is -0.492 e. The molecule has 3 atom stereocenters. The zero-order valence-corrected chi connectivity index (χ0v) is 19.5. The first kappa shape index (κ1) is 22.5. The van der Waals surface area contributed by atoms with Gasteiger partial charge >= 0.3 is 12.1 Å². The second-order valence-electron chi connectivity index (χ2n) is 9.11. The van der Waals surface area contributed by atoms with Gasteiger partial charge in [-0.3, -0.25) is 4.72 Å². The van der Waals surface area contributed by atoms with Crippen LogP contribution in [0.15, 0.2) is 41.3 Å². The molecular formula is C24H26N2O7S. The number of rotatable bonds is 6. The Labute approximate surface area is 197 Å². The molecule has 0 aromatic heterocycles. The van der Waals surface area contributed by atoms with Crippen LogP contribution in [0.4, 0.5) is 10.5 Å². The van der Waals surface area contributed by atoms with E-state index in [4.69, 9.17) is 9.47 Å². The van der Waals surface area contributed by atoms with Gasteiger partial charge in [-0.05, 0) is 54.4 Å². The number of carbonyl (C=O) groups is 2. The number of ether oxygens (including phenoxy) is 2. The van der Waals surface area contributed by atoms with Crippen molar-refractivity contribution in [1.82, 2.24) is 4.90 Å². The molecule has 2 aromatic carbocycles. The van der Waals surface area contributed by atoms with E-state index in [9.17, 15) is 23.1 Å². The smallest absolute Gasteiger partial charge is 0.407 e. The third-order valence-electron chi connectivity index (χ3n) is 6.91. The summed E-state index contributed by atoms with van der Waals surface area (Å²) in [5, 5.41) is 9.21. The van der Waals surface area contributed by atoms with Crippen LogP contribution in [0.2, 0.25) is 0 Å². The van der Waals surface area contributed by atoms with Crippen LogP contribution < -0.4 is 9.46 Å². The number of fused-ring (bicyclic) bond motifs is 3. The lowest BCUT2D eigenvalue weighted by Gasteiger charge is -2.22. The second kappa shape index (κ2) is 8.50. The van der Waals surface area contributed by atoms with Crippen molar-refractivity contribution < 1.29 is 32.6 Å². The molecule has 1 saturated heterocycles. The zero-order chi connectivity index (χ0) is 24.0. The molecule has 2 heterocycles. The highest BCUT2D eigenvalue weighted by Gasteiger charge is 2.45. The van der Waals surface area contributed by atoms with Crippen LogP contribution in [-0.2, 0) is 21.2 Å². The third-order valence-corrected chi connectivity index (χ3v) is 8.38. The molecular weight excluding hydrogens is 460 g/mol. The molecule has 10 heteroatoms. The lowest BCUT2D eigenvalue weighted by atomic mass is 9.99. The Hall–Kier alpha value is -3.27. The Morgan fingerprint density at radius 1 is 1.24 bits per heavy atom. The fourth-order valence-electron chi connectivity index (χ4n) is 5.06. The largest absolute Gasteiger partial charge is 0.492 e. The number of benzene rings is 2. The highest BCUT2D eigenvalue weighted by Crippen LogP contribution is 2.55. The minimum atomic E-state index is -4.05. The molecule has 1 unspecified atom stereocenters. The van der Waals surface area contributed by atoms with E-state index in [1.54, 1.807) is 24.3 Å². The van der Waals surface area contributed by atoms with E-state index in [2.05, 4.69) is 4.72 Å². The standard InChI is InChI=1S/C24H26N2O7S/c1-32-23(27)21-19(7-6-17-18-11-16(18)13-33-22(17)21)25-34(30,31)20-5-3-2-4-15(20)10-14-8-9-26(12-14)24(28)29/h2-7,14,16,18,25H,8-13H2,1H3,(H,28,29)/t14?,16-,18-/m0/s1. The molecule has 1 aliphatic carbocycles. The molecule has 0 bridgehead atoms. The molecule has 2 N–H and O–H groups in total. The van der Waals surface area contributed by atoms with E-state index >= 15 is 0 Å². The summed E-state index contributed by atoms with van der Waals surface area (Å²) in [4.78, 5) is 25.3. The second-order valence-corrected chi connectivity index (χ2v) is 10.8. The Kier molecular flexibility index (Phi) is 5.63. The maximum atomic E-state index is 13.5. The van der Waals surface area contributed by atoms with Gasteiger partial charge in [0.1, 0.15) is 11.3 Å². The zero-order valence-electron chi connectivity index (χ0n) is 18.7. The molecule has 1 amide bonds. The summed E-state index contributed by atoms with van der Waals surface area (Å²) in [7, 11) is -2.80. The van der Waals surface area contributed by atoms with E-state index in [1.165, 1.54) is 18.1 Å². The highest BCUT2D eigenvalue weighted by atomic mass is 32.2. The molecule has 5 rings (SSSR count). The number of esters is 1. The van der Waals surface area contributed by atoms with Crippen LogP contribution >= 0.6 is 0 Å². The monoisotopic (exact) mass is 486 g/mol. The van der Waals surface area contributed by atoms with Crippen molar-refractivity contribution in [2.75, 3.05) is 31.5 Å². The number of likely N-dealkylation sites (tertiary alicyclic amines) is 1. The molecule has 9 nitrogen and oxygen atoms in total. The van der Waals surface area contributed by atoms with Crippen molar-refractivity contribution >= 4 is 27.8 Å². The molecule has 0 radical (unpaired) electrons. The van der Waals surface area contributed by atoms with Crippen LogP contribution in [0.5, 0.6) is 5.75 Å². The van der Waals surface area contributed by atoms with E-state index in [-0.39, 0.29) is 22.1 Å². The summed E-state index contributed by atoms with van der Waals surface area (Å²) in [6.45, 7) is 1.30. The van der Waals surface area contributed by atoms with Crippen molar-refractivity contribution in [3.8, 4) is 5.75 Å². The van der Waals surface area contributed by atoms with Crippen molar-refractivity contribution in [1.29, 1.82) is 0 Å². The number of amides is 1. The van der Waals surface area contributed by atoms with E-state index in [0.717, 1.165) is 12.0 Å². The van der Waals surface area contributed by atoms with Gasteiger partial charge < -0.3 is 19.5 Å². The molecule has 2 aliphatic heterocycles. The Morgan fingerprint density at radius 3 is 2.76 bits per heavy atom. The van der Waals surface area contributed by atoms with Crippen LogP contribution in [0, 0.1) is 11.8 Å². The first-order valence-electron chi connectivity index (χ1n) is 11.2. The van der Waals surface area contributed by atoms with Crippen molar-refractivity contribution in [3.63, 3.8) is 0 Å². The van der Waals surface area contributed by atoms with E-state index in [1.807, 2.05) is 6.07 Å². The molecule has 0 spiro atoms. The van der Waals surface area contributed by atoms with Gasteiger partial charge in [-0.1, -0.05) is 24.3 Å². The van der Waals surface area contributed by atoms with Gasteiger partial charge in [-0.25, -0.2) is 18.0 Å². The average molecular weight is 487 g/mol. The topological polar surface area (TPSA) is 122 Å². The normalized spacial score (nSPS) is 22.9. The summed E-state index contributed by atoms with van der Waals surface area (Å²) in [6.07, 6.45) is 1.13. The fourth-order valence-corrected chi connectivity index (χ4v) is 6.38. The maximum Gasteiger partial charge on any atom is 0.407 e. The Morgan fingerprint density at radius 2 is 2.03 bits per heavy atom.